The van der Waals surface area contributed by atoms with E-state index < -0.39 is 18.0 Å². The number of hydrogen-bond acceptors (Lipinski definition) is 3. The Morgan fingerprint density at radius 2 is 1.68 bits per heavy atom. The van der Waals surface area contributed by atoms with Crippen molar-refractivity contribution in [1.82, 2.24) is 5.32 Å². The van der Waals surface area contributed by atoms with E-state index in [-0.39, 0.29) is 12.4 Å². The third-order valence-corrected chi connectivity index (χ3v) is 2.03. The van der Waals surface area contributed by atoms with Gasteiger partial charge < -0.3 is 15.5 Å². The van der Waals surface area contributed by atoms with Crippen molar-refractivity contribution in [2.45, 2.75) is 26.3 Å². The first-order chi connectivity index (χ1) is 8.47. The fourth-order valence-electron chi connectivity index (χ4n) is 1.34. The lowest BCUT2D eigenvalue weighted by Gasteiger charge is -2.12. The zero-order chi connectivity index (χ0) is 14.0. The van der Waals surface area contributed by atoms with Gasteiger partial charge in [0.2, 0.25) is 0 Å². The van der Waals surface area contributed by atoms with Gasteiger partial charge in [-0.1, -0.05) is 37.3 Å². The molecule has 19 heavy (non-hydrogen) atoms. The van der Waals surface area contributed by atoms with E-state index in [1.165, 1.54) is 0 Å². The summed E-state index contributed by atoms with van der Waals surface area (Å²) in [4.78, 5) is 19.8. The summed E-state index contributed by atoms with van der Waals surface area (Å²) < 4.78 is 0. The summed E-state index contributed by atoms with van der Waals surface area (Å²) in [5.41, 5.74) is 1.04. The molecule has 0 aromatic heterocycles. The molecule has 1 rings (SSSR count). The fraction of sp³-hybridized carbons (Fsp3) is 0.385. The quantitative estimate of drug-likeness (QED) is 0.769. The van der Waals surface area contributed by atoms with E-state index in [1.807, 2.05) is 37.3 Å². The van der Waals surface area contributed by atoms with E-state index in [4.69, 9.17) is 15.0 Å². The van der Waals surface area contributed by atoms with Crippen LogP contribution in [0.2, 0.25) is 0 Å². The predicted octanol–water partition coefficient (Wildman–Crippen LogP) is 1.80. The van der Waals surface area contributed by atoms with Crippen molar-refractivity contribution < 1.29 is 19.8 Å². The minimum absolute atomic E-state index is 0. The first-order valence-electron chi connectivity index (χ1n) is 5.67. The predicted molar refractivity (Wildman–Crippen MR) is 75.8 cm³/mol. The van der Waals surface area contributed by atoms with Crippen LogP contribution in [0.4, 0.5) is 0 Å². The number of rotatable bonds is 5. The molecule has 0 heterocycles. The Balaban J connectivity index is 0. The maximum Gasteiger partial charge on any atom is 0.321 e. The molecule has 0 amide bonds. The van der Waals surface area contributed by atoms with E-state index in [0.29, 0.717) is 13.0 Å². The summed E-state index contributed by atoms with van der Waals surface area (Å²) in [6, 6.07) is 9.15. The number of likely N-dealkylation sites (N-methyl/N-ethyl adjacent to an activating group) is 1. The molecular weight excluding hydrogens is 270 g/mol. The zero-order valence-electron chi connectivity index (χ0n) is 11.0. The maximum atomic E-state index is 10.8. The van der Waals surface area contributed by atoms with Crippen LogP contribution in [0.1, 0.15) is 19.4 Å². The van der Waals surface area contributed by atoms with Crippen LogP contribution in [0.3, 0.4) is 0 Å². The average molecular weight is 290 g/mol. The first kappa shape index (κ1) is 19.7. The Kier molecular flexibility index (Phi) is 11.9. The second-order valence-corrected chi connectivity index (χ2v) is 3.66. The van der Waals surface area contributed by atoms with Crippen LogP contribution in [0.15, 0.2) is 30.3 Å². The lowest BCUT2D eigenvalue weighted by atomic mass is 10.1. The third kappa shape index (κ3) is 11.2. The molecule has 0 spiro atoms. The summed E-state index contributed by atoms with van der Waals surface area (Å²) in [7, 11) is 0. The highest BCUT2D eigenvalue weighted by molar-refractivity contribution is 5.85. The second kappa shape index (κ2) is 11.5. The van der Waals surface area contributed by atoms with Gasteiger partial charge >= 0.3 is 5.97 Å². The number of carbonyl (C=O) groups is 2. The van der Waals surface area contributed by atoms with Crippen molar-refractivity contribution in [1.29, 1.82) is 0 Å². The molecule has 0 aliphatic rings. The van der Waals surface area contributed by atoms with Crippen molar-refractivity contribution in [3.05, 3.63) is 35.9 Å². The van der Waals surface area contributed by atoms with Crippen LogP contribution >= 0.6 is 12.4 Å². The molecule has 0 saturated heterocycles. The molecule has 1 unspecified atom stereocenters. The molecule has 0 radical (unpaired) electrons. The molecule has 108 valence electrons. The molecule has 0 saturated carbocycles. The maximum absolute atomic E-state index is 10.8. The second-order valence-electron chi connectivity index (χ2n) is 3.66. The molecule has 1 aromatic carbocycles. The van der Waals surface area contributed by atoms with Gasteiger partial charge in [0, 0.05) is 6.92 Å². The van der Waals surface area contributed by atoms with Crippen LogP contribution in [-0.4, -0.2) is 34.7 Å². The summed E-state index contributed by atoms with van der Waals surface area (Å²) in [5.74, 6) is -1.63. The molecule has 1 atom stereocenters. The summed E-state index contributed by atoms with van der Waals surface area (Å²) in [6.07, 6.45) is 0.532. The van der Waals surface area contributed by atoms with Gasteiger partial charge in [-0.3, -0.25) is 9.59 Å². The molecular formula is C13H20ClNO4. The number of carboxylic acids is 2. The smallest absolute Gasteiger partial charge is 0.321 e. The van der Waals surface area contributed by atoms with Crippen LogP contribution in [-0.2, 0) is 16.0 Å². The number of nitrogens with one attached hydrogen (secondary N) is 1. The van der Waals surface area contributed by atoms with Crippen molar-refractivity contribution in [2.24, 2.45) is 0 Å². The van der Waals surface area contributed by atoms with E-state index in [9.17, 15) is 4.79 Å². The number of hydrogen-bond donors (Lipinski definition) is 3. The van der Waals surface area contributed by atoms with Crippen molar-refractivity contribution in [3.63, 3.8) is 0 Å². The first-order valence-corrected chi connectivity index (χ1v) is 5.67. The topological polar surface area (TPSA) is 86.6 Å². The summed E-state index contributed by atoms with van der Waals surface area (Å²) in [6.45, 7) is 3.66. The minimum atomic E-state index is -0.833. The molecule has 3 N–H and O–H groups in total. The van der Waals surface area contributed by atoms with Gasteiger partial charge in [-0.2, -0.15) is 0 Å². The van der Waals surface area contributed by atoms with E-state index in [1.54, 1.807) is 0 Å². The van der Waals surface area contributed by atoms with Crippen molar-refractivity contribution >= 4 is 24.3 Å². The van der Waals surface area contributed by atoms with E-state index >= 15 is 0 Å². The monoisotopic (exact) mass is 289 g/mol. The Morgan fingerprint density at radius 3 is 2.05 bits per heavy atom. The molecule has 0 aliphatic heterocycles. The van der Waals surface area contributed by atoms with Gasteiger partial charge in [0.1, 0.15) is 6.04 Å². The molecule has 6 heteroatoms. The average Bonchev–Trinajstić information content (AvgIpc) is 2.29. The van der Waals surface area contributed by atoms with E-state index in [2.05, 4.69) is 5.32 Å². The standard InChI is InChI=1S/C11H15NO2.C2H4O2.ClH/c1-2-12-10(11(13)14)8-9-6-4-3-5-7-9;1-2(3)4;/h3-7,10,12H,2,8H2,1H3,(H,13,14);1H3,(H,3,4);1H. The van der Waals surface area contributed by atoms with Gasteiger partial charge in [-0.05, 0) is 18.5 Å². The highest BCUT2D eigenvalue weighted by atomic mass is 35.5. The van der Waals surface area contributed by atoms with Crippen molar-refractivity contribution in [3.8, 4) is 0 Å². The highest BCUT2D eigenvalue weighted by Gasteiger charge is 2.15. The van der Waals surface area contributed by atoms with Gasteiger partial charge in [0.15, 0.2) is 0 Å². The number of aliphatic carboxylic acids is 2. The molecule has 0 fully saturated rings. The lowest BCUT2D eigenvalue weighted by Crippen LogP contribution is -2.38. The molecule has 0 aliphatic carbocycles. The largest absolute Gasteiger partial charge is 0.481 e. The SMILES string of the molecule is CC(=O)O.CCNC(Cc1ccccc1)C(=O)O.Cl. The number of benzene rings is 1. The van der Waals surface area contributed by atoms with Crippen LogP contribution in [0, 0.1) is 0 Å². The Labute approximate surface area is 119 Å². The summed E-state index contributed by atoms with van der Waals surface area (Å²) >= 11 is 0. The summed E-state index contributed by atoms with van der Waals surface area (Å²) in [5, 5.41) is 19.3. The Hall–Kier alpha value is -1.59. The lowest BCUT2D eigenvalue weighted by molar-refractivity contribution is -0.139. The van der Waals surface area contributed by atoms with Crippen LogP contribution in [0.5, 0.6) is 0 Å². The molecule has 5 nitrogen and oxygen atoms in total. The van der Waals surface area contributed by atoms with Crippen LogP contribution < -0.4 is 5.32 Å². The highest BCUT2D eigenvalue weighted by Crippen LogP contribution is 2.03. The zero-order valence-corrected chi connectivity index (χ0v) is 11.8. The number of halogens is 1. The number of carboxylic acid groups (broad SMARTS) is 2. The third-order valence-electron chi connectivity index (χ3n) is 2.03. The van der Waals surface area contributed by atoms with Gasteiger partial charge in [-0.25, -0.2) is 0 Å². The Morgan fingerprint density at radius 1 is 1.21 bits per heavy atom. The van der Waals surface area contributed by atoms with E-state index in [0.717, 1.165) is 12.5 Å². The minimum Gasteiger partial charge on any atom is -0.481 e. The Bertz CT molecular complexity index is 366. The van der Waals surface area contributed by atoms with Crippen LogP contribution in [0.25, 0.3) is 0 Å². The fourth-order valence-corrected chi connectivity index (χ4v) is 1.34. The molecule has 1 aromatic rings. The van der Waals surface area contributed by atoms with Gasteiger partial charge in [0.05, 0.1) is 0 Å². The van der Waals surface area contributed by atoms with Gasteiger partial charge in [-0.15, -0.1) is 12.4 Å². The molecule has 0 bridgehead atoms. The van der Waals surface area contributed by atoms with Crippen molar-refractivity contribution in [2.75, 3.05) is 6.54 Å². The normalized spacial score (nSPS) is 10.4. The van der Waals surface area contributed by atoms with Gasteiger partial charge in [0.25, 0.3) is 5.97 Å².